The second-order valence-electron chi connectivity index (χ2n) is 5.24. The van der Waals surface area contributed by atoms with E-state index in [1.807, 2.05) is 36.0 Å². The van der Waals surface area contributed by atoms with Gasteiger partial charge in [-0.05, 0) is 31.2 Å². The summed E-state index contributed by atoms with van der Waals surface area (Å²) in [5.41, 5.74) is 0.971. The van der Waals surface area contributed by atoms with E-state index in [0.717, 1.165) is 23.1 Å². The first-order valence-corrected chi connectivity index (χ1v) is 9.07. The van der Waals surface area contributed by atoms with Crippen LogP contribution in [0.4, 0.5) is 0 Å². The summed E-state index contributed by atoms with van der Waals surface area (Å²) in [7, 11) is 0. The molecule has 0 aliphatic carbocycles. The molecule has 1 aromatic carbocycles. The van der Waals surface area contributed by atoms with Crippen LogP contribution in [0.15, 0.2) is 33.3 Å². The molecule has 0 bridgehead atoms. The Kier molecular flexibility index (Phi) is 4.98. The Balaban J connectivity index is 1.72. The largest absolute Gasteiger partial charge is 0.338 e. The van der Waals surface area contributed by atoms with Crippen molar-refractivity contribution in [2.24, 2.45) is 0 Å². The molecule has 21 heavy (non-hydrogen) atoms. The van der Waals surface area contributed by atoms with Crippen molar-refractivity contribution in [1.82, 2.24) is 15.0 Å². The molecule has 3 rings (SSSR count). The van der Waals surface area contributed by atoms with Crippen molar-refractivity contribution >= 4 is 27.7 Å². The fraction of sp³-hybridized carbons (Fsp3) is 0.467. The molecular weight excluding hydrogens is 350 g/mol. The van der Waals surface area contributed by atoms with Gasteiger partial charge in [0.1, 0.15) is 0 Å². The minimum absolute atomic E-state index is 0.571. The molecule has 1 aliphatic heterocycles. The van der Waals surface area contributed by atoms with Crippen molar-refractivity contribution < 1.29 is 4.52 Å². The summed E-state index contributed by atoms with van der Waals surface area (Å²) in [6.07, 6.45) is 1.22. The zero-order valence-electron chi connectivity index (χ0n) is 12.0. The quantitative estimate of drug-likeness (QED) is 0.824. The normalized spacial score (nSPS) is 20.4. The average molecular weight is 368 g/mol. The minimum atomic E-state index is 0.571. The average Bonchev–Trinajstić information content (AvgIpc) is 2.85. The van der Waals surface area contributed by atoms with Crippen LogP contribution in [0.1, 0.15) is 19.2 Å². The van der Waals surface area contributed by atoms with Gasteiger partial charge in [-0.25, -0.2) is 0 Å². The lowest BCUT2D eigenvalue weighted by molar-refractivity contribution is 0.185. The van der Waals surface area contributed by atoms with Crippen LogP contribution >= 0.6 is 27.7 Å². The van der Waals surface area contributed by atoms with Gasteiger partial charge in [0.2, 0.25) is 11.7 Å². The van der Waals surface area contributed by atoms with E-state index >= 15 is 0 Å². The van der Waals surface area contributed by atoms with Crippen LogP contribution in [0.5, 0.6) is 0 Å². The maximum atomic E-state index is 5.43. The summed E-state index contributed by atoms with van der Waals surface area (Å²) in [6, 6.07) is 8.52. The van der Waals surface area contributed by atoms with Crippen LogP contribution in [0.25, 0.3) is 11.4 Å². The van der Waals surface area contributed by atoms with Gasteiger partial charge in [0.05, 0.1) is 6.54 Å². The molecule has 4 nitrogen and oxygen atoms in total. The van der Waals surface area contributed by atoms with Crippen molar-refractivity contribution in [2.75, 3.05) is 18.1 Å². The zero-order valence-corrected chi connectivity index (χ0v) is 14.4. The molecule has 2 aromatic rings. The Hall–Kier alpha value is -0.850. The van der Waals surface area contributed by atoms with E-state index < -0.39 is 0 Å². The van der Waals surface area contributed by atoms with Crippen LogP contribution in [-0.4, -0.2) is 39.1 Å². The molecule has 1 fully saturated rings. The number of rotatable bonds is 3. The van der Waals surface area contributed by atoms with Crippen molar-refractivity contribution in [3.8, 4) is 11.4 Å². The second kappa shape index (κ2) is 6.94. The highest BCUT2D eigenvalue weighted by Crippen LogP contribution is 2.22. The summed E-state index contributed by atoms with van der Waals surface area (Å²) in [5.74, 6) is 3.77. The van der Waals surface area contributed by atoms with E-state index in [9.17, 15) is 0 Å². The number of hydrogen-bond acceptors (Lipinski definition) is 5. The van der Waals surface area contributed by atoms with Crippen molar-refractivity contribution in [3.05, 3.63) is 34.6 Å². The van der Waals surface area contributed by atoms with Gasteiger partial charge in [-0.15, -0.1) is 0 Å². The second-order valence-corrected chi connectivity index (χ2v) is 7.38. The van der Waals surface area contributed by atoms with Gasteiger partial charge in [-0.3, -0.25) is 4.90 Å². The summed E-state index contributed by atoms with van der Waals surface area (Å²) in [4.78, 5) is 6.96. The van der Waals surface area contributed by atoms with E-state index in [0.29, 0.717) is 17.8 Å². The van der Waals surface area contributed by atoms with E-state index in [4.69, 9.17) is 4.52 Å². The lowest BCUT2D eigenvalue weighted by atomic mass is 10.2. The standard InChI is InChI=1S/C15H18BrN3OS/c1-11-5-7-21-8-6-19(11)10-14-17-15(18-20-14)12-3-2-4-13(16)9-12/h2-4,9,11H,5-8,10H2,1H3. The fourth-order valence-electron chi connectivity index (χ4n) is 2.41. The van der Waals surface area contributed by atoms with E-state index in [-0.39, 0.29) is 0 Å². The molecular formula is C15H18BrN3OS. The van der Waals surface area contributed by atoms with Gasteiger partial charge in [0, 0.05) is 28.4 Å². The molecule has 0 radical (unpaired) electrons. The monoisotopic (exact) mass is 367 g/mol. The summed E-state index contributed by atoms with van der Waals surface area (Å²) in [5, 5.41) is 4.10. The number of nitrogens with zero attached hydrogens (tertiary/aromatic N) is 3. The van der Waals surface area contributed by atoms with Gasteiger partial charge in [0.25, 0.3) is 0 Å². The first-order valence-electron chi connectivity index (χ1n) is 7.13. The summed E-state index contributed by atoms with van der Waals surface area (Å²) >= 11 is 5.49. The maximum absolute atomic E-state index is 5.43. The van der Waals surface area contributed by atoms with E-state index in [1.165, 1.54) is 17.9 Å². The van der Waals surface area contributed by atoms with Crippen LogP contribution in [0.2, 0.25) is 0 Å². The number of halogens is 1. The Morgan fingerprint density at radius 2 is 2.33 bits per heavy atom. The predicted octanol–water partition coefficient (Wildman–Crippen LogP) is 3.83. The topological polar surface area (TPSA) is 42.2 Å². The molecule has 1 unspecified atom stereocenters. The van der Waals surface area contributed by atoms with Crippen molar-refractivity contribution in [1.29, 1.82) is 0 Å². The lowest BCUT2D eigenvalue weighted by Gasteiger charge is -2.24. The van der Waals surface area contributed by atoms with Gasteiger partial charge in [-0.1, -0.05) is 33.2 Å². The van der Waals surface area contributed by atoms with Crippen LogP contribution in [-0.2, 0) is 6.54 Å². The highest BCUT2D eigenvalue weighted by molar-refractivity contribution is 9.10. The molecule has 0 N–H and O–H groups in total. The fourth-order valence-corrected chi connectivity index (χ4v) is 3.89. The van der Waals surface area contributed by atoms with Crippen LogP contribution < -0.4 is 0 Å². The molecule has 1 atom stereocenters. The third-order valence-electron chi connectivity index (χ3n) is 3.72. The first kappa shape index (κ1) is 15.1. The van der Waals surface area contributed by atoms with Crippen LogP contribution in [0.3, 0.4) is 0 Å². The van der Waals surface area contributed by atoms with E-state index in [1.54, 1.807) is 0 Å². The molecule has 6 heteroatoms. The summed E-state index contributed by atoms with van der Waals surface area (Å²) in [6.45, 7) is 4.10. The molecule has 1 aliphatic rings. The summed E-state index contributed by atoms with van der Waals surface area (Å²) < 4.78 is 6.44. The van der Waals surface area contributed by atoms with E-state index in [2.05, 4.69) is 37.9 Å². The Morgan fingerprint density at radius 1 is 1.43 bits per heavy atom. The molecule has 0 spiro atoms. The van der Waals surface area contributed by atoms with Gasteiger partial charge >= 0.3 is 0 Å². The molecule has 0 amide bonds. The van der Waals surface area contributed by atoms with Crippen molar-refractivity contribution in [2.45, 2.75) is 25.9 Å². The van der Waals surface area contributed by atoms with Crippen molar-refractivity contribution in [3.63, 3.8) is 0 Å². The first-order chi connectivity index (χ1) is 10.2. The molecule has 0 saturated carbocycles. The molecule has 2 heterocycles. The zero-order chi connectivity index (χ0) is 14.7. The van der Waals surface area contributed by atoms with Crippen LogP contribution in [0, 0.1) is 0 Å². The number of hydrogen-bond donors (Lipinski definition) is 0. The Bertz CT molecular complexity index is 604. The minimum Gasteiger partial charge on any atom is -0.338 e. The highest BCUT2D eigenvalue weighted by atomic mass is 79.9. The third kappa shape index (κ3) is 3.87. The van der Waals surface area contributed by atoms with Gasteiger partial charge < -0.3 is 4.52 Å². The molecule has 1 aromatic heterocycles. The molecule has 112 valence electrons. The number of benzene rings is 1. The van der Waals surface area contributed by atoms with Gasteiger partial charge in [-0.2, -0.15) is 16.7 Å². The smallest absolute Gasteiger partial charge is 0.241 e. The molecule has 1 saturated heterocycles. The highest BCUT2D eigenvalue weighted by Gasteiger charge is 2.20. The Morgan fingerprint density at radius 3 is 3.19 bits per heavy atom. The van der Waals surface area contributed by atoms with Gasteiger partial charge in [0.15, 0.2) is 0 Å². The Labute approximate surface area is 137 Å². The predicted molar refractivity (Wildman–Crippen MR) is 89.2 cm³/mol. The SMILES string of the molecule is CC1CCSCCN1Cc1nc(-c2cccc(Br)c2)no1. The lowest BCUT2D eigenvalue weighted by Crippen LogP contribution is -2.33. The number of aromatic nitrogens is 2. The number of thioether (sulfide) groups is 1. The third-order valence-corrected chi connectivity index (χ3v) is 5.20. The maximum Gasteiger partial charge on any atom is 0.241 e.